The van der Waals surface area contributed by atoms with Crippen molar-refractivity contribution in [1.29, 1.82) is 0 Å². The summed E-state index contributed by atoms with van der Waals surface area (Å²) in [4.78, 5) is 12.3. The largest absolute Gasteiger partial charge is 0.483 e. The fraction of sp³-hybridized carbons (Fsp3) is 0.208. The Morgan fingerprint density at radius 3 is 2.13 bits per heavy atom. The molecule has 0 spiro atoms. The van der Waals surface area contributed by atoms with Gasteiger partial charge in [0.05, 0.1) is 10.6 Å². The molecule has 0 aliphatic rings. The number of sulfonamides is 1. The van der Waals surface area contributed by atoms with E-state index in [0.29, 0.717) is 17.1 Å². The number of amides is 1. The van der Waals surface area contributed by atoms with Crippen LogP contribution in [0.25, 0.3) is 0 Å². The van der Waals surface area contributed by atoms with Crippen molar-refractivity contribution in [3.8, 4) is 5.75 Å². The normalized spacial score (nSPS) is 11.1. The van der Waals surface area contributed by atoms with Crippen LogP contribution < -0.4 is 14.8 Å². The highest BCUT2D eigenvalue weighted by atomic mass is 32.2. The van der Waals surface area contributed by atoms with Crippen LogP contribution in [0.4, 0.5) is 11.4 Å². The third-order valence-corrected chi connectivity index (χ3v) is 6.17. The van der Waals surface area contributed by atoms with Gasteiger partial charge in [-0.3, -0.25) is 9.52 Å². The lowest BCUT2D eigenvalue weighted by Gasteiger charge is -2.12. The Bertz CT molecular complexity index is 1200. The zero-order chi connectivity index (χ0) is 22.6. The van der Waals surface area contributed by atoms with E-state index in [1.54, 1.807) is 18.2 Å². The van der Waals surface area contributed by atoms with Gasteiger partial charge in [0.25, 0.3) is 15.9 Å². The maximum atomic E-state index is 12.7. The molecule has 0 radical (unpaired) electrons. The summed E-state index contributed by atoms with van der Waals surface area (Å²) < 4.78 is 33.6. The van der Waals surface area contributed by atoms with Crippen molar-refractivity contribution in [3.63, 3.8) is 0 Å². The summed E-state index contributed by atoms with van der Waals surface area (Å²) in [5.41, 5.74) is 4.82. The minimum absolute atomic E-state index is 0.109. The van der Waals surface area contributed by atoms with Gasteiger partial charge < -0.3 is 10.1 Å². The lowest BCUT2D eigenvalue weighted by molar-refractivity contribution is -0.118. The van der Waals surface area contributed by atoms with E-state index in [-0.39, 0.29) is 17.4 Å². The van der Waals surface area contributed by atoms with Gasteiger partial charge in [-0.05, 0) is 86.3 Å². The van der Waals surface area contributed by atoms with Crippen molar-refractivity contribution in [2.45, 2.75) is 32.6 Å². The minimum Gasteiger partial charge on any atom is -0.483 e. The molecule has 0 bridgehead atoms. The number of hydrogen-bond acceptors (Lipinski definition) is 4. The number of benzene rings is 3. The van der Waals surface area contributed by atoms with Crippen molar-refractivity contribution >= 4 is 27.3 Å². The Hall–Kier alpha value is -3.32. The van der Waals surface area contributed by atoms with Gasteiger partial charge in [0, 0.05) is 5.69 Å². The Balaban J connectivity index is 1.63. The lowest BCUT2D eigenvalue weighted by atomic mass is 10.1. The third kappa shape index (κ3) is 5.86. The van der Waals surface area contributed by atoms with E-state index >= 15 is 0 Å². The topological polar surface area (TPSA) is 84.5 Å². The van der Waals surface area contributed by atoms with E-state index in [1.165, 1.54) is 12.1 Å². The Morgan fingerprint density at radius 2 is 1.45 bits per heavy atom. The second-order valence-electron chi connectivity index (χ2n) is 7.55. The van der Waals surface area contributed by atoms with Crippen molar-refractivity contribution in [2.75, 3.05) is 16.6 Å². The average molecular weight is 439 g/mol. The molecular formula is C24H26N2O4S. The number of ether oxygens (including phenoxy) is 1. The second-order valence-corrected chi connectivity index (χ2v) is 9.24. The van der Waals surface area contributed by atoms with Crippen LogP contribution in [-0.2, 0) is 14.8 Å². The van der Waals surface area contributed by atoms with E-state index in [4.69, 9.17) is 4.74 Å². The second kappa shape index (κ2) is 9.22. The van der Waals surface area contributed by atoms with Crippen LogP contribution >= 0.6 is 0 Å². The molecule has 0 atom stereocenters. The molecule has 0 aliphatic heterocycles. The third-order valence-electron chi connectivity index (χ3n) is 4.79. The van der Waals surface area contributed by atoms with Crippen molar-refractivity contribution in [1.82, 2.24) is 0 Å². The molecule has 7 heteroatoms. The van der Waals surface area contributed by atoms with Crippen LogP contribution in [0.5, 0.6) is 5.75 Å². The smallest absolute Gasteiger partial charge is 0.262 e. The molecule has 3 aromatic carbocycles. The SMILES string of the molecule is Cc1ccc(C)c(NS(=O)(=O)c2ccc(NC(=O)COc3cc(C)ccc3C)cc2)c1. The lowest BCUT2D eigenvalue weighted by Crippen LogP contribution is -2.20. The predicted octanol–water partition coefficient (Wildman–Crippen LogP) is 4.74. The van der Waals surface area contributed by atoms with Gasteiger partial charge in [-0.15, -0.1) is 0 Å². The maximum Gasteiger partial charge on any atom is 0.262 e. The highest BCUT2D eigenvalue weighted by Gasteiger charge is 2.16. The van der Waals surface area contributed by atoms with Gasteiger partial charge in [-0.2, -0.15) is 0 Å². The van der Waals surface area contributed by atoms with E-state index in [9.17, 15) is 13.2 Å². The van der Waals surface area contributed by atoms with E-state index in [2.05, 4.69) is 10.0 Å². The number of nitrogens with one attached hydrogen (secondary N) is 2. The van der Waals surface area contributed by atoms with Crippen LogP contribution in [-0.4, -0.2) is 20.9 Å². The molecule has 31 heavy (non-hydrogen) atoms. The summed E-state index contributed by atoms with van der Waals surface area (Å²) in [6.45, 7) is 7.47. The molecule has 0 aromatic heterocycles. The molecule has 3 rings (SSSR count). The molecule has 2 N–H and O–H groups in total. The summed E-state index contributed by atoms with van der Waals surface area (Å²) in [5, 5.41) is 2.71. The van der Waals surface area contributed by atoms with Crippen LogP contribution in [0, 0.1) is 27.7 Å². The van der Waals surface area contributed by atoms with Gasteiger partial charge >= 0.3 is 0 Å². The summed E-state index contributed by atoms with van der Waals surface area (Å²) in [6, 6.07) is 17.4. The number of carbonyl (C=O) groups excluding carboxylic acids is 1. The molecule has 0 saturated carbocycles. The summed E-state index contributed by atoms with van der Waals surface area (Å²) in [7, 11) is -3.74. The van der Waals surface area contributed by atoms with Crippen molar-refractivity contribution in [2.24, 2.45) is 0 Å². The standard InChI is InChI=1S/C24H26N2O4S/c1-16-5-7-18(3)22(13-16)26-31(28,29)21-11-9-20(10-12-21)25-24(27)15-30-23-14-17(2)6-8-19(23)4/h5-14,26H,15H2,1-4H3,(H,25,27). The van der Waals surface area contributed by atoms with Crippen LogP contribution in [0.2, 0.25) is 0 Å². The first-order valence-corrected chi connectivity index (χ1v) is 11.3. The predicted molar refractivity (Wildman–Crippen MR) is 123 cm³/mol. The van der Waals surface area contributed by atoms with Crippen LogP contribution in [0.1, 0.15) is 22.3 Å². The van der Waals surface area contributed by atoms with Gasteiger partial charge in [-0.25, -0.2) is 8.42 Å². The first kappa shape index (κ1) is 22.4. The van der Waals surface area contributed by atoms with Gasteiger partial charge in [0.2, 0.25) is 0 Å². The Morgan fingerprint density at radius 1 is 0.839 bits per heavy atom. The van der Waals surface area contributed by atoms with Gasteiger partial charge in [0.15, 0.2) is 6.61 Å². The molecule has 162 valence electrons. The number of aryl methyl sites for hydroxylation is 4. The molecule has 1 amide bonds. The fourth-order valence-electron chi connectivity index (χ4n) is 2.97. The summed E-state index contributed by atoms with van der Waals surface area (Å²) >= 11 is 0. The first-order chi connectivity index (χ1) is 14.6. The molecule has 0 fully saturated rings. The summed E-state index contributed by atoms with van der Waals surface area (Å²) in [6.07, 6.45) is 0. The fourth-order valence-corrected chi connectivity index (χ4v) is 4.09. The number of anilines is 2. The zero-order valence-electron chi connectivity index (χ0n) is 18.0. The van der Waals surface area contributed by atoms with Crippen LogP contribution in [0.15, 0.2) is 65.6 Å². The molecule has 0 unspecified atom stereocenters. The van der Waals surface area contributed by atoms with E-state index < -0.39 is 10.0 Å². The number of hydrogen-bond donors (Lipinski definition) is 2. The number of rotatable bonds is 7. The highest BCUT2D eigenvalue weighted by molar-refractivity contribution is 7.92. The molecule has 0 saturated heterocycles. The molecule has 0 aliphatic carbocycles. The molecular weight excluding hydrogens is 412 g/mol. The Labute approximate surface area is 183 Å². The van der Waals surface area contributed by atoms with Gasteiger partial charge in [-0.1, -0.05) is 24.3 Å². The van der Waals surface area contributed by atoms with Crippen molar-refractivity contribution in [3.05, 3.63) is 82.9 Å². The minimum atomic E-state index is -3.74. The van der Waals surface area contributed by atoms with Crippen molar-refractivity contribution < 1.29 is 17.9 Å². The zero-order valence-corrected chi connectivity index (χ0v) is 18.8. The maximum absolute atomic E-state index is 12.7. The molecule has 0 heterocycles. The molecule has 3 aromatic rings. The Kier molecular flexibility index (Phi) is 6.65. The van der Waals surface area contributed by atoms with Crippen LogP contribution in [0.3, 0.4) is 0 Å². The highest BCUT2D eigenvalue weighted by Crippen LogP contribution is 2.22. The van der Waals surface area contributed by atoms with Gasteiger partial charge in [0.1, 0.15) is 5.75 Å². The quantitative estimate of drug-likeness (QED) is 0.558. The van der Waals surface area contributed by atoms with E-state index in [0.717, 1.165) is 22.3 Å². The summed E-state index contributed by atoms with van der Waals surface area (Å²) in [5.74, 6) is 0.333. The first-order valence-electron chi connectivity index (χ1n) is 9.84. The van der Waals surface area contributed by atoms with E-state index in [1.807, 2.05) is 58.0 Å². The molecule has 6 nitrogen and oxygen atoms in total. The monoisotopic (exact) mass is 438 g/mol. The number of carbonyl (C=O) groups is 1. The average Bonchev–Trinajstić information content (AvgIpc) is 2.71.